The molecule has 0 bridgehead atoms. The van der Waals surface area contributed by atoms with E-state index in [1.54, 1.807) is 7.11 Å². The van der Waals surface area contributed by atoms with Gasteiger partial charge in [0.2, 0.25) is 0 Å². The molecule has 0 aromatic heterocycles. The fourth-order valence-corrected chi connectivity index (χ4v) is 2.18. The lowest BCUT2D eigenvalue weighted by Crippen LogP contribution is -2.52. The SMILES string of the molecule is COc1ccc(N2C[C@H](N)C[C@H](N)C2)cc1. The van der Waals surface area contributed by atoms with E-state index < -0.39 is 0 Å². The summed E-state index contributed by atoms with van der Waals surface area (Å²) in [5.74, 6) is 0.870. The van der Waals surface area contributed by atoms with E-state index in [0.717, 1.165) is 30.9 Å². The van der Waals surface area contributed by atoms with Crippen LogP contribution in [0.25, 0.3) is 0 Å². The van der Waals surface area contributed by atoms with Crippen molar-refractivity contribution in [3.8, 4) is 5.75 Å². The van der Waals surface area contributed by atoms with Crippen molar-refractivity contribution in [2.75, 3.05) is 25.1 Å². The minimum atomic E-state index is 0.172. The number of hydrogen-bond donors (Lipinski definition) is 2. The summed E-state index contributed by atoms with van der Waals surface area (Å²) in [5, 5.41) is 0. The van der Waals surface area contributed by atoms with Gasteiger partial charge >= 0.3 is 0 Å². The molecule has 1 saturated heterocycles. The molecule has 2 rings (SSSR count). The maximum Gasteiger partial charge on any atom is 0.119 e. The molecule has 1 heterocycles. The standard InChI is InChI=1S/C12H19N3O/c1-16-12-4-2-11(3-5-12)15-7-9(13)6-10(14)8-15/h2-5,9-10H,6-8,13-14H2,1H3/t9-,10+. The fourth-order valence-electron chi connectivity index (χ4n) is 2.18. The third-order valence-electron chi connectivity index (χ3n) is 2.95. The van der Waals surface area contributed by atoms with E-state index in [1.165, 1.54) is 0 Å². The van der Waals surface area contributed by atoms with Crippen LogP contribution in [0.3, 0.4) is 0 Å². The summed E-state index contributed by atoms with van der Waals surface area (Å²) < 4.78 is 5.13. The lowest BCUT2D eigenvalue weighted by atomic mass is 10.0. The van der Waals surface area contributed by atoms with Crippen molar-refractivity contribution >= 4 is 5.69 Å². The lowest BCUT2D eigenvalue weighted by Gasteiger charge is -2.36. The zero-order valence-electron chi connectivity index (χ0n) is 9.60. The van der Waals surface area contributed by atoms with Gasteiger partial charge in [-0.05, 0) is 30.7 Å². The van der Waals surface area contributed by atoms with E-state index in [-0.39, 0.29) is 12.1 Å². The van der Waals surface area contributed by atoms with Crippen LogP contribution in [0, 0.1) is 0 Å². The normalized spacial score (nSPS) is 25.6. The lowest BCUT2D eigenvalue weighted by molar-refractivity contribution is 0.414. The van der Waals surface area contributed by atoms with Gasteiger partial charge in [0, 0.05) is 30.9 Å². The van der Waals surface area contributed by atoms with Crippen molar-refractivity contribution in [2.24, 2.45) is 11.5 Å². The Morgan fingerprint density at radius 2 is 1.69 bits per heavy atom. The van der Waals surface area contributed by atoms with Gasteiger partial charge in [0.1, 0.15) is 5.75 Å². The Labute approximate surface area is 96.2 Å². The second kappa shape index (κ2) is 4.72. The molecule has 0 saturated carbocycles. The molecule has 88 valence electrons. The summed E-state index contributed by atoms with van der Waals surface area (Å²) in [7, 11) is 1.67. The fraction of sp³-hybridized carbons (Fsp3) is 0.500. The van der Waals surface area contributed by atoms with Crippen molar-refractivity contribution < 1.29 is 4.74 Å². The van der Waals surface area contributed by atoms with Gasteiger partial charge < -0.3 is 21.1 Å². The van der Waals surface area contributed by atoms with Gasteiger partial charge in [-0.2, -0.15) is 0 Å². The van der Waals surface area contributed by atoms with Crippen LogP contribution in [-0.4, -0.2) is 32.3 Å². The molecular weight excluding hydrogens is 202 g/mol. The highest BCUT2D eigenvalue weighted by atomic mass is 16.5. The van der Waals surface area contributed by atoms with Gasteiger partial charge in [-0.3, -0.25) is 0 Å². The van der Waals surface area contributed by atoms with E-state index in [0.29, 0.717) is 0 Å². The van der Waals surface area contributed by atoms with Crippen LogP contribution < -0.4 is 21.1 Å². The topological polar surface area (TPSA) is 64.5 Å². The highest BCUT2D eigenvalue weighted by molar-refractivity contribution is 5.49. The average molecular weight is 221 g/mol. The summed E-state index contributed by atoms with van der Waals surface area (Å²) in [6.45, 7) is 1.75. The summed E-state index contributed by atoms with van der Waals surface area (Å²) >= 11 is 0. The number of hydrogen-bond acceptors (Lipinski definition) is 4. The predicted octanol–water partition coefficient (Wildman–Crippen LogP) is 0.560. The molecule has 4 nitrogen and oxygen atoms in total. The molecule has 1 aliphatic heterocycles. The Morgan fingerprint density at radius 3 is 2.19 bits per heavy atom. The van der Waals surface area contributed by atoms with Gasteiger partial charge in [0.25, 0.3) is 0 Å². The molecule has 1 aliphatic rings. The van der Waals surface area contributed by atoms with E-state index >= 15 is 0 Å². The molecule has 1 fully saturated rings. The second-order valence-corrected chi connectivity index (χ2v) is 4.36. The Kier molecular flexibility index (Phi) is 3.31. The van der Waals surface area contributed by atoms with Crippen molar-refractivity contribution in [2.45, 2.75) is 18.5 Å². The third-order valence-corrected chi connectivity index (χ3v) is 2.95. The second-order valence-electron chi connectivity index (χ2n) is 4.36. The van der Waals surface area contributed by atoms with Gasteiger partial charge in [-0.15, -0.1) is 0 Å². The number of piperidine rings is 1. The molecule has 0 amide bonds. The van der Waals surface area contributed by atoms with Crippen LogP contribution in [-0.2, 0) is 0 Å². The van der Waals surface area contributed by atoms with Gasteiger partial charge in [-0.25, -0.2) is 0 Å². The molecule has 4 heteroatoms. The first-order valence-electron chi connectivity index (χ1n) is 5.59. The smallest absolute Gasteiger partial charge is 0.119 e. The number of rotatable bonds is 2. The number of nitrogens with zero attached hydrogens (tertiary/aromatic N) is 1. The van der Waals surface area contributed by atoms with Crippen molar-refractivity contribution in [3.05, 3.63) is 24.3 Å². The minimum Gasteiger partial charge on any atom is -0.497 e. The molecule has 0 aliphatic carbocycles. The summed E-state index contributed by atoms with van der Waals surface area (Å²) in [6, 6.07) is 8.35. The Bertz CT molecular complexity index is 329. The molecular formula is C12H19N3O. The zero-order chi connectivity index (χ0) is 11.5. The van der Waals surface area contributed by atoms with Crippen molar-refractivity contribution in [3.63, 3.8) is 0 Å². The summed E-state index contributed by atoms with van der Waals surface area (Å²) in [6.07, 6.45) is 0.909. The number of ether oxygens (including phenoxy) is 1. The van der Waals surface area contributed by atoms with Crippen molar-refractivity contribution in [1.29, 1.82) is 0 Å². The van der Waals surface area contributed by atoms with Gasteiger partial charge in [-0.1, -0.05) is 0 Å². The largest absolute Gasteiger partial charge is 0.497 e. The maximum atomic E-state index is 5.96. The van der Waals surface area contributed by atoms with Crippen LogP contribution in [0.15, 0.2) is 24.3 Å². The Hall–Kier alpha value is -1.26. The first kappa shape index (κ1) is 11.2. The molecule has 0 spiro atoms. The zero-order valence-corrected chi connectivity index (χ0v) is 9.60. The van der Waals surface area contributed by atoms with Gasteiger partial charge in [0.05, 0.1) is 7.11 Å². The minimum absolute atomic E-state index is 0.172. The quantitative estimate of drug-likeness (QED) is 0.766. The Balaban J connectivity index is 2.10. The number of benzene rings is 1. The molecule has 1 aromatic carbocycles. The van der Waals surface area contributed by atoms with Crippen LogP contribution >= 0.6 is 0 Å². The Morgan fingerprint density at radius 1 is 1.12 bits per heavy atom. The van der Waals surface area contributed by atoms with Crippen LogP contribution in [0.1, 0.15) is 6.42 Å². The van der Waals surface area contributed by atoms with Crippen LogP contribution in [0.4, 0.5) is 5.69 Å². The first-order chi connectivity index (χ1) is 7.69. The maximum absolute atomic E-state index is 5.96. The first-order valence-corrected chi connectivity index (χ1v) is 5.59. The third kappa shape index (κ3) is 2.46. The number of methoxy groups -OCH3 is 1. The molecule has 0 radical (unpaired) electrons. The number of nitrogens with two attached hydrogens (primary N) is 2. The molecule has 1 aromatic rings. The molecule has 16 heavy (non-hydrogen) atoms. The summed E-state index contributed by atoms with van der Waals surface area (Å²) in [4.78, 5) is 2.23. The van der Waals surface area contributed by atoms with Gasteiger partial charge in [0.15, 0.2) is 0 Å². The highest BCUT2D eigenvalue weighted by Crippen LogP contribution is 2.21. The van der Waals surface area contributed by atoms with E-state index in [4.69, 9.17) is 16.2 Å². The monoisotopic (exact) mass is 221 g/mol. The molecule has 0 unspecified atom stereocenters. The van der Waals surface area contributed by atoms with E-state index in [2.05, 4.69) is 4.90 Å². The van der Waals surface area contributed by atoms with Crippen LogP contribution in [0.5, 0.6) is 5.75 Å². The molecule has 4 N–H and O–H groups in total. The van der Waals surface area contributed by atoms with E-state index in [9.17, 15) is 0 Å². The van der Waals surface area contributed by atoms with E-state index in [1.807, 2.05) is 24.3 Å². The summed E-state index contributed by atoms with van der Waals surface area (Å²) in [5.41, 5.74) is 13.1. The number of anilines is 1. The van der Waals surface area contributed by atoms with Crippen molar-refractivity contribution in [1.82, 2.24) is 0 Å². The predicted molar refractivity (Wildman–Crippen MR) is 65.8 cm³/mol. The van der Waals surface area contributed by atoms with Crippen LogP contribution in [0.2, 0.25) is 0 Å². The molecule has 2 atom stereocenters. The average Bonchev–Trinajstić information content (AvgIpc) is 2.28. The highest BCUT2D eigenvalue weighted by Gasteiger charge is 2.22.